The van der Waals surface area contributed by atoms with Crippen molar-refractivity contribution in [1.82, 2.24) is 4.90 Å². The number of hydrogen-bond acceptors (Lipinski definition) is 4. The average Bonchev–Trinajstić information content (AvgIpc) is 2.89. The van der Waals surface area contributed by atoms with Crippen LogP contribution in [-0.2, 0) is 16.6 Å². The van der Waals surface area contributed by atoms with Gasteiger partial charge in [-0.05, 0) is 50.3 Å². The fourth-order valence-corrected chi connectivity index (χ4v) is 4.55. The third-order valence-electron chi connectivity index (χ3n) is 5.49. The van der Waals surface area contributed by atoms with Gasteiger partial charge in [0.15, 0.2) is 23.4 Å². The first-order chi connectivity index (χ1) is 13.7. The van der Waals surface area contributed by atoms with Crippen molar-refractivity contribution >= 4 is 5.78 Å². The van der Waals surface area contributed by atoms with E-state index in [1.165, 1.54) is 19.2 Å². The van der Waals surface area contributed by atoms with Crippen molar-refractivity contribution in [2.24, 2.45) is 5.92 Å². The number of carbonyl (C=O) groups is 1. The summed E-state index contributed by atoms with van der Waals surface area (Å²) in [5.41, 5.74) is -0.803. The van der Waals surface area contributed by atoms with Gasteiger partial charge in [-0.25, -0.2) is 0 Å². The second-order valence-electron chi connectivity index (χ2n) is 6.27. The number of carbonyl (C=O) groups excluding carboxylic acids is 1. The van der Waals surface area contributed by atoms with Crippen LogP contribution in [0, 0.1) is 5.92 Å². The molecule has 2 heterocycles. The molecule has 2 fully saturated rings. The molecule has 2 bridgehead atoms. The Hall–Kier alpha value is -1.55. The average molecular weight is 307 g/mol. The zero-order chi connectivity index (χ0) is 22.1. The molecule has 116 valence electrons. The maximum Gasteiger partial charge on any atom is 0.174 e. The second-order valence-corrected chi connectivity index (χ2v) is 6.27. The third kappa shape index (κ3) is 1.27. The summed E-state index contributed by atoms with van der Waals surface area (Å²) in [6.07, 6.45) is -7.23. The predicted molar refractivity (Wildman–Crippen MR) is 81.6 cm³/mol. The summed E-state index contributed by atoms with van der Waals surface area (Å²) in [4.78, 5) is 14.3. The Labute approximate surface area is 141 Å². The highest BCUT2D eigenvalue weighted by atomic mass is 16.5. The molecule has 0 amide bonds. The van der Waals surface area contributed by atoms with Gasteiger partial charge in [0.05, 0.1) is 8.48 Å². The number of hydrogen-bond donors (Lipinski definition) is 0. The topological polar surface area (TPSA) is 38.8 Å². The fourth-order valence-electron chi connectivity index (χ4n) is 4.55. The van der Waals surface area contributed by atoms with Crippen LogP contribution in [-0.4, -0.2) is 43.4 Å². The van der Waals surface area contributed by atoms with Crippen LogP contribution in [0.2, 0.25) is 0 Å². The molecule has 0 aromatic heterocycles. The van der Waals surface area contributed by atoms with Gasteiger partial charge in [0.25, 0.3) is 0 Å². The molecule has 1 saturated carbocycles. The Bertz CT molecular complexity index is 979. The predicted octanol–water partition coefficient (Wildman–Crippen LogP) is 1.93. The van der Waals surface area contributed by atoms with Gasteiger partial charge in [0.2, 0.25) is 0 Å². The fraction of sp³-hybridized carbons (Fsp3) is 0.611. The van der Waals surface area contributed by atoms with Crippen LogP contribution in [0.3, 0.4) is 0 Å². The molecule has 4 heteroatoms. The number of benzene rings is 1. The zero-order valence-electron chi connectivity index (χ0n) is 20.1. The lowest BCUT2D eigenvalue weighted by Gasteiger charge is -2.57. The highest BCUT2D eigenvalue weighted by molar-refractivity contribution is 5.89. The Morgan fingerprint density at radius 1 is 1.59 bits per heavy atom. The van der Waals surface area contributed by atoms with Crippen LogP contribution in [0.5, 0.6) is 11.5 Å². The van der Waals surface area contributed by atoms with E-state index in [0.717, 1.165) is 4.90 Å². The molecule has 2 aliphatic heterocycles. The van der Waals surface area contributed by atoms with Crippen LogP contribution in [0.15, 0.2) is 12.1 Å². The van der Waals surface area contributed by atoms with Gasteiger partial charge in [-0.2, -0.15) is 0 Å². The number of likely N-dealkylation sites (tertiary alicyclic amines) is 1. The summed E-state index contributed by atoms with van der Waals surface area (Å²) < 4.78 is 78.6. The zero-order valence-corrected chi connectivity index (χ0v) is 12.1. The largest absolute Gasteiger partial charge is 0.493 e. The molecule has 5 rings (SSSR count). The molecule has 2 aliphatic carbocycles. The number of nitrogens with zero attached hydrogens (tertiary/aromatic N) is 1. The summed E-state index contributed by atoms with van der Waals surface area (Å²) in [7, 11) is 1.40. The first-order valence-corrected chi connectivity index (χ1v) is 7.46. The number of ketones is 1. The summed E-state index contributed by atoms with van der Waals surface area (Å²) in [6.45, 7) is -2.67. The third-order valence-corrected chi connectivity index (χ3v) is 5.49. The maximum absolute atomic E-state index is 13.2. The minimum Gasteiger partial charge on any atom is -0.493 e. The van der Waals surface area contributed by atoms with Crippen molar-refractivity contribution in [3.63, 3.8) is 0 Å². The molecule has 1 aromatic rings. The number of Topliss-reactive ketones (excluding diaryl/α,β-unsaturated/α-hetero) is 1. The van der Waals surface area contributed by atoms with Gasteiger partial charge >= 0.3 is 0 Å². The van der Waals surface area contributed by atoms with Gasteiger partial charge in [-0.1, -0.05) is 6.07 Å². The lowest BCUT2D eigenvalue weighted by atomic mass is 9.52. The van der Waals surface area contributed by atoms with Gasteiger partial charge in [0.1, 0.15) is 0 Å². The van der Waals surface area contributed by atoms with E-state index in [0.29, 0.717) is 5.56 Å². The van der Waals surface area contributed by atoms with Gasteiger partial charge < -0.3 is 14.4 Å². The van der Waals surface area contributed by atoms with Crippen molar-refractivity contribution in [3.05, 3.63) is 23.3 Å². The number of piperidine rings is 1. The van der Waals surface area contributed by atoms with Crippen LogP contribution in [0.4, 0.5) is 0 Å². The number of likely N-dealkylation sites (N-methyl/N-ethyl adjacent to an activating group) is 1. The number of rotatable bonds is 1. The minimum absolute atomic E-state index is 0.0620. The van der Waals surface area contributed by atoms with Crippen molar-refractivity contribution < 1.29 is 25.2 Å². The Morgan fingerprint density at radius 3 is 3.32 bits per heavy atom. The molecule has 1 unspecified atom stereocenters. The van der Waals surface area contributed by atoms with Crippen molar-refractivity contribution in [2.75, 3.05) is 20.6 Å². The van der Waals surface area contributed by atoms with E-state index in [2.05, 4.69) is 0 Å². The highest BCUT2D eigenvalue weighted by Crippen LogP contribution is 2.62. The smallest absolute Gasteiger partial charge is 0.174 e. The summed E-state index contributed by atoms with van der Waals surface area (Å²) in [5, 5.41) is 0. The molecule has 4 atom stereocenters. The molecule has 1 saturated heterocycles. The summed E-state index contributed by atoms with van der Waals surface area (Å²) in [6, 6.07) is 1.76. The van der Waals surface area contributed by atoms with Crippen molar-refractivity contribution in [1.29, 1.82) is 0 Å². The maximum atomic E-state index is 13.2. The highest BCUT2D eigenvalue weighted by Gasteiger charge is 2.65. The van der Waals surface area contributed by atoms with Crippen LogP contribution < -0.4 is 9.47 Å². The van der Waals surface area contributed by atoms with Gasteiger partial charge in [0, 0.05) is 33.0 Å². The van der Waals surface area contributed by atoms with E-state index < -0.39 is 49.0 Å². The van der Waals surface area contributed by atoms with Crippen LogP contribution in [0.1, 0.15) is 41.3 Å². The van der Waals surface area contributed by atoms with Gasteiger partial charge in [-0.3, -0.25) is 4.79 Å². The van der Waals surface area contributed by atoms with Gasteiger partial charge in [-0.15, -0.1) is 0 Å². The van der Waals surface area contributed by atoms with Crippen LogP contribution >= 0.6 is 0 Å². The lowest BCUT2D eigenvalue weighted by Crippen LogP contribution is -2.65. The van der Waals surface area contributed by atoms with E-state index in [4.69, 9.17) is 20.4 Å². The van der Waals surface area contributed by atoms with E-state index in [-0.39, 0.29) is 36.4 Å². The van der Waals surface area contributed by atoms with Crippen LogP contribution in [0.25, 0.3) is 0 Å². The molecule has 1 spiro atoms. The molecular formula is C18H21NO3. The normalized spacial score (nSPS) is 52.3. The van der Waals surface area contributed by atoms with E-state index in [9.17, 15) is 4.79 Å². The summed E-state index contributed by atoms with van der Waals surface area (Å²) >= 11 is 0. The standard InChI is InChI=1S/C18H21NO3/c1-19-8-7-18-11-4-5-13(20)17(18)22-16-14(21-2)6-3-10(15(16)18)9-12(11)19/h3,6,11-12,17H,4-5,7-9H2,1-2H3/t11-,12+,17?,18-/m0/s1/i1D3,5D2,9D2,17D. The first-order valence-electron chi connectivity index (χ1n) is 11.5. The Balaban J connectivity index is 1.89. The lowest BCUT2D eigenvalue weighted by molar-refractivity contribution is -0.138. The first kappa shape index (κ1) is 7.35. The Kier molecular flexibility index (Phi) is 1.35. The monoisotopic (exact) mass is 307 g/mol. The molecule has 22 heavy (non-hydrogen) atoms. The molecule has 4 aliphatic rings. The molecule has 4 nitrogen and oxygen atoms in total. The molecular weight excluding hydrogens is 278 g/mol. The molecule has 0 radical (unpaired) electrons. The van der Waals surface area contributed by atoms with Crippen molar-refractivity contribution in [2.45, 2.75) is 43.1 Å². The van der Waals surface area contributed by atoms with E-state index in [1.54, 1.807) is 0 Å². The quantitative estimate of drug-likeness (QED) is 0.795. The Morgan fingerprint density at radius 2 is 2.50 bits per heavy atom. The number of methoxy groups -OCH3 is 1. The SMILES string of the molecule is [2H]C1([2H])C[C@H]2[C@@H]3N(C([2H])([2H])[2H])CC[C@@]24c2c(ccc(OC)c2OC4([2H])C1=O)C3([2H])[2H]. The molecule has 1 aromatic carbocycles. The number of ether oxygens (including phenoxy) is 2. The second kappa shape index (κ2) is 4.05. The van der Waals surface area contributed by atoms with E-state index in [1.807, 2.05) is 0 Å². The molecule has 0 N–H and O–H groups in total. The minimum atomic E-state index is -2.61. The van der Waals surface area contributed by atoms with Crippen molar-refractivity contribution in [3.8, 4) is 11.5 Å². The summed E-state index contributed by atoms with van der Waals surface area (Å²) in [5.74, 6) is -1.62. The van der Waals surface area contributed by atoms with E-state index >= 15 is 0 Å².